The molecule has 2 aliphatic carbocycles. The summed E-state index contributed by atoms with van der Waals surface area (Å²) >= 11 is 0. The van der Waals surface area contributed by atoms with Crippen molar-refractivity contribution in [3.05, 3.63) is 106 Å². The van der Waals surface area contributed by atoms with E-state index in [1.165, 1.54) is 57.2 Å². The molecule has 6 aliphatic rings. The van der Waals surface area contributed by atoms with Crippen molar-refractivity contribution in [1.82, 2.24) is 19.6 Å². The minimum Gasteiger partial charge on any atom is -0.471 e. The van der Waals surface area contributed by atoms with Gasteiger partial charge in [0.2, 0.25) is 5.88 Å². The van der Waals surface area contributed by atoms with Gasteiger partial charge in [-0.15, -0.1) is 0 Å². The molecule has 6 heterocycles. The zero-order valence-electron chi connectivity index (χ0n) is 37.4. The average Bonchev–Trinajstić information content (AvgIpc) is 3.87. The van der Waals surface area contributed by atoms with Gasteiger partial charge < -0.3 is 29.6 Å². The minimum atomic E-state index is -4.55. The number of amides is 1. The van der Waals surface area contributed by atoms with Gasteiger partial charge in [0.1, 0.15) is 23.1 Å². The van der Waals surface area contributed by atoms with Crippen molar-refractivity contribution < 1.29 is 27.6 Å². The van der Waals surface area contributed by atoms with Crippen LogP contribution >= 0.6 is 0 Å². The second kappa shape index (κ2) is 17.2. The smallest absolute Gasteiger partial charge is 0.293 e. The molecule has 2 aromatic heterocycles. The summed E-state index contributed by atoms with van der Waals surface area (Å²) in [5, 5.41) is 16.2. The Labute approximate surface area is 385 Å². The molecule has 15 nitrogen and oxygen atoms in total. The summed E-state index contributed by atoms with van der Waals surface area (Å²) in [7, 11) is -4.55. The van der Waals surface area contributed by atoms with Crippen LogP contribution in [0.25, 0.3) is 11.0 Å². The first kappa shape index (κ1) is 42.9. The number of nitro groups is 1. The van der Waals surface area contributed by atoms with E-state index in [4.69, 9.17) is 14.5 Å². The second-order valence-electron chi connectivity index (χ2n) is 19.6. The number of nitrogens with zero attached hydrogens (tertiary/aromatic N) is 5. The Balaban J connectivity index is 0.839. The fourth-order valence-electron chi connectivity index (χ4n) is 11.6. The Hall–Kier alpha value is -5.71. The number of likely N-dealkylation sites (tertiary alicyclic amines) is 1. The number of H-pyrrole nitrogens is 1. The summed E-state index contributed by atoms with van der Waals surface area (Å²) in [6, 6.07) is 23.5. The lowest BCUT2D eigenvalue weighted by molar-refractivity contribution is -0.384. The van der Waals surface area contributed by atoms with Crippen molar-refractivity contribution in [2.45, 2.75) is 100 Å². The topological polar surface area (TPSA) is 175 Å². The third-order valence-corrected chi connectivity index (χ3v) is 16.7. The van der Waals surface area contributed by atoms with Gasteiger partial charge in [0.05, 0.1) is 27.6 Å². The van der Waals surface area contributed by atoms with Crippen molar-refractivity contribution in [2.24, 2.45) is 11.3 Å². The zero-order valence-corrected chi connectivity index (χ0v) is 38.2. The van der Waals surface area contributed by atoms with E-state index in [1.54, 1.807) is 17.2 Å². The summed E-state index contributed by atoms with van der Waals surface area (Å²) in [6.07, 6.45) is 12.9. The maximum atomic E-state index is 14.4. The zero-order chi connectivity index (χ0) is 45.2. The Bertz CT molecular complexity index is 2770. The highest BCUT2D eigenvalue weighted by Gasteiger charge is 2.50. The lowest BCUT2D eigenvalue weighted by Crippen LogP contribution is -2.55. The highest BCUT2D eigenvalue weighted by molar-refractivity contribution is 7.90. The number of aromatic nitrogens is 2. The van der Waals surface area contributed by atoms with Gasteiger partial charge in [0.15, 0.2) is 0 Å². The Morgan fingerprint density at radius 2 is 1.73 bits per heavy atom. The van der Waals surface area contributed by atoms with Gasteiger partial charge in [0, 0.05) is 68.3 Å². The van der Waals surface area contributed by atoms with Crippen LogP contribution in [0.2, 0.25) is 0 Å². The van der Waals surface area contributed by atoms with Crippen molar-refractivity contribution in [1.29, 1.82) is 0 Å². The summed E-state index contributed by atoms with van der Waals surface area (Å²) in [4.78, 5) is 40.8. The normalized spacial score (nSPS) is 22.5. The van der Waals surface area contributed by atoms with Gasteiger partial charge in [0.25, 0.3) is 21.6 Å². The number of carbonyl (C=O) groups is 1. The van der Waals surface area contributed by atoms with E-state index < -0.39 is 20.9 Å². The van der Waals surface area contributed by atoms with E-state index in [0.717, 1.165) is 61.8 Å². The van der Waals surface area contributed by atoms with Crippen molar-refractivity contribution >= 4 is 55.4 Å². The quantitative estimate of drug-likeness (QED) is 0.0803. The predicted molar refractivity (Wildman–Crippen MR) is 253 cm³/mol. The number of sulfonamides is 1. The number of fused-ring (bicyclic) bond motifs is 2. The molecule has 5 aromatic rings. The van der Waals surface area contributed by atoms with Crippen molar-refractivity contribution in [3.63, 3.8) is 0 Å². The third kappa shape index (κ3) is 8.25. The highest BCUT2D eigenvalue weighted by atomic mass is 32.2. The van der Waals surface area contributed by atoms with E-state index in [0.29, 0.717) is 66.7 Å². The first-order valence-corrected chi connectivity index (χ1v) is 25.3. The fourth-order valence-corrected chi connectivity index (χ4v) is 12.5. The molecule has 0 unspecified atom stereocenters. The first-order chi connectivity index (χ1) is 32.0. The molecular formula is C50H58N8O7S. The molecule has 5 fully saturated rings. The number of nitrogens with one attached hydrogen (secondary N) is 3. The van der Waals surface area contributed by atoms with E-state index in [-0.39, 0.29) is 33.9 Å². The van der Waals surface area contributed by atoms with Crippen LogP contribution in [0.1, 0.15) is 105 Å². The minimum absolute atomic E-state index is 0.138. The number of hydrogen-bond donors (Lipinski definition) is 3. The number of piperidine rings is 1. The van der Waals surface area contributed by atoms with Gasteiger partial charge in [-0.25, -0.2) is 13.1 Å². The standard InChI is InChI=1S/C50H58N8O7S/c1-32-31-57(46-25-35-14-19-51-47(35)53-49(46)65-32)44-26-36(55-21-17-50(18-22-55)28-37(29-50)56-20-4-7-43(56)40-6-3-2-5-39(40)34-8-9-34)10-12-41(44)48(59)54-66(62,63)38-11-13-42(45(27-38)58(60)61)52-30-33-15-23-64-24-16-33/h2-3,5-6,10-14,19,25-27,32-34,37,43,52H,4,7-9,15-18,20-24,28-31H2,1H3,(H,51,53)(H,54,59)/t32-,43+/m1/s1. The highest BCUT2D eigenvalue weighted by Crippen LogP contribution is 2.55. The third-order valence-electron chi connectivity index (χ3n) is 15.3. The van der Waals surface area contributed by atoms with Crippen LogP contribution in [0.15, 0.2) is 83.9 Å². The molecule has 16 heteroatoms. The molecule has 2 atom stereocenters. The number of hydrogen-bond acceptors (Lipinski definition) is 12. The van der Waals surface area contributed by atoms with Gasteiger partial charge >= 0.3 is 0 Å². The molecule has 66 heavy (non-hydrogen) atoms. The van der Waals surface area contributed by atoms with Crippen LogP contribution in [-0.4, -0.2) is 92.2 Å². The average molecular weight is 915 g/mol. The molecule has 1 spiro atoms. The predicted octanol–water partition coefficient (Wildman–Crippen LogP) is 8.81. The van der Waals surface area contributed by atoms with Gasteiger partial charge in [-0.3, -0.25) is 19.8 Å². The van der Waals surface area contributed by atoms with Gasteiger partial charge in [-0.05, 0) is 149 Å². The summed E-state index contributed by atoms with van der Waals surface area (Å²) in [5.74, 6) is 0.580. The van der Waals surface area contributed by atoms with E-state index >= 15 is 0 Å². The molecule has 0 bridgehead atoms. The maximum Gasteiger partial charge on any atom is 0.293 e. The number of nitro benzene ring substituents is 1. The molecular weight excluding hydrogens is 857 g/mol. The molecule has 3 aromatic carbocycles. The first-order valence-electron chi connectivity index (χ1n) is 23.8. The molecule has 346 valence electrons. The molecule has 2 saturated carbocycles. The number of pyridine rings is 1. The summed E-state index contributed by atoms with van der Waals surface area (Å²) in [5.41, 5.74) is 6.22. The van der Waals surface area contributed by atoms with Crippen LogP contribution in [0.3, 0.4) is 0 Å². The van der Waals surface area contributed by atoms with Crippen LogP contribution in [0.5, 0.6) is 5.88 Å². The van der Waals surface area contributed by atoms with Gasteiger partial charge in [-0.2, -0.15) is 4.98 Å². The molecule has 0 radical (unpaired) electrons. The lowest BCUT2D eigenvalue weighted by Gasteiger charge is -2.56. The molecule has 4 aliphatic heterocycles. The van der Waals surface area contributed by atoms with Crippen LogP contribution < -0.4 is 24.6 Å². The fraction of sp³-hybridized carbons (Fsp3) is 0.480. The molecule has 1 amide bonds. The van der Waals surface area contributed by atoms with Crippen molar-refractivity contribution in [2.75, 3.05) is 61.1 Å². The Morgan fingerprint density at radius 3 is 2.50 bits per heavy atom. The Morgan fingerprint density at radius 1 is 0.939 bits per heavy atom. The molecule has 11 rings (SSSR count). The van der Waals surface area contributed by atoms with Gasteiger partial charge in [-0.1, -0.05) is 24.3 Å². The van der Waals surface area contributed by atoms with E-state index in [9.17, 15) is 23.3 Å². The summed E-state index contributed by atoms with van der Waals surface area (Å²) < 4.78 is 41.8. The maximum absolute atomic E-state index is 14.4. The van der Waals surface area contributed by atoms with Crippen molar-refractivity contribution in [3.8, 4) is 5.88 Å². The van der Waals surface area contributed by atoms with E-state index in [2.05, 4.69) is 49.1 Å². The SMILES string of the molecule is C[C@@H]1CN(c2cc(N3CCC4(CC3)CC(N3CCC[C@H]3c3ccccc3C3CC3)C4)ccc2C(=O)NS(=O)(=O)c2ccc(NCC3CCOCC3)c([N+](=O)[O-])c2)c2cc3cc[nH]c3nc2O1. The molecule has 3 saturated heterocycles. The number of carbonyl (C=O) groups excluding carboxylic acids is 1. The monoisotopic (exact) mass is 914 g/mol. The molecule has 3 N–H and O–H groups in total. The number of rotatable bonds is 12. The number of aromatic amines is 1. The number of anilines is 4. The van der Waals surface area contributed by atoms with Crippen LogP contribution in [0, 0.1) is 21.4 Å². The second-order valence-corrected chi connectivity index (χ2v) is 21.3. The number of benzene rings is 3. The summed E-state index contributed by atoms with van der Waals surface area (Å²) in [6.45, 7) is 7.01. The Kier molecular flexibility index (Phi) is 11.2. The van der Waals surface area contributed by atoms with Crippen LogP contribution in [-0.2, 0) is 14.8 Å². The number of ether oxygens (including phenoxy) is 2. The van der Waals surface area contributed by atoms with E-state index in [1.807, 2.05) is 42.3 Å². The lowest BCUT2D eigenvalue weighted by atomic mass is 9.59. The largest absolute Gasteiger partial charge is 0.471 e. The van der Waals surface area contributed by atoms with Crippen LogP contribution in [0.4, 0.5) is 28.4 Å².